The first-order valence-corrected chi connectivity index (χ1v) is 9.28. The van der Waals surface area contributed by atoms with Crippen LogP contribution in [0, 0.1) is 0 Å². The van der Waals surface area contributed by atoms with Crippen LogP contribution >= 0.6 is 0 Å². The third-order valence-electron chi connectivity index (χ3n) is 2.52. The minimum Gasteiger partial charge on any atom is -0.414 e. The highest BCUT2D eigenvalue weighted by Gasteiger charge is 2.20. The van der Waals surface area contributed by atoms with Crippen molar-refractivity contribution < 1.29 is 4.43 Å². The Morgan fingerprint density at radius 2 is 1.71 bits per heavy atom. The Labute approximate surface area is 89.8 Å². The smallest absolute Gasteiger partial charge is 0.184 e. The topological polar surface area (TPSA) is 12.5 Å². The molecule has 1 rings (SSSR count). The molecule has 1 heterocycles. The molecule has 0 aliphatic carbocycles. The van der Waals surface area contributed by atoms with E-state index in [0.29, 0.717) is 6.10 Å². The van der Waals surface area contributed by atoms with Gasteiger partial charge in [0.2, 0.25) is 0 Å². The zero-order chi connectivity index (χ0) is 10.6. The molecule has 1 unspecified atom stereocenters. The lowest BCUT2D eigenvalue weighted by molar-refractivity contribution is 0.126. The van der Waals surface area contributed by atoms with Crippen molar-refractivity contribution in [1.82, 2.24) is 4.90 Å². The highest BCUT2D eigenvalue weighted by Crippen LogP contribution is 2.12. The van der Waals surface area contributed by atoms with Gasteiger partial charge in [0.25, 0.3) is 0 Å². The third-order valence-corrected chi connectivity index (χ3v) is 3.63. The van der Waals surface area contributed by atoms with Gasteiger partial charge in [-0.3, -0.25) is 0 Å². The van der Waals surface area contributed by atoms with Gasteiger partial charge in [0.1, 0.15) is 0 Å². The van der Waals surface area contributed by atoms with Gasteiger partial charge in [-0.25, -0.2) is 0 Å². The first kappa shape index (κ1) is 12.2. The molecule has 1 fully saturated rings. The number of hydrogen-bond donors (Lipinski definition) is 0. The fourth-order valence-corrected chi connectivity index (χ4v) is 3.43. The van der Waals surface area contributed by atoms with Crippen LogP contribution in [0.4, 0.5) is 0 Å². The van der Waals surface area contributed by atoms with Crippen molar-refractivity contribution in [2.45, 2.75) is 51.9 Å². The molecule has 14 heavy (non-hydrogen) atoms. The number of hydrogen-bond acceptors (Lipinski definition) is 2. The highest BCUT2D eigenvalue weighted by molar-refractivity contribution is 6.69. The summed E-state index contributed by atoms with van der Waals surface area (Å²) in [5.74, 6) is 0. The maximum atomic E-state index is 6.04. The molecule has 1 aliphatic rings. The number of nitrogens with zero attached hydrogens (tertiary/aromatic N) is 1. The summed E-state index contributed by atoms with van der Waals surface area (Å²) in [5, 5.41) is 0. The van der Waals surface area contributed by atoms with Crippen LogP contribution in [0.3, 0.4) is 0 Å². The molecule has 2 nitrogen and oxygen atoms in total. The summed E-state index contributed by atoms with van der Waals surface area (Å²) >= 11 is 0. The quantitative estimate of drug-likeness (QED) is 0.669. The monoisotopic (exact) mass is 215 g/mol. The lowest BCUT2D eigenvalue weighted by Gasteiger charge is -2.31. The van der Waals surface area contributed by atoms with Crippen molar-refractivity contribution in [3.05, 3.63) is 0 Å². The molecule has 1 atom stereocenters. The van der Waals surface area contributed by atoms with E-state index in [1.165, 1.54) is 32.4 Å². The van der Waals surface area contributed by atoms with Gasteiger partial charge in [-0.1, -0.05) is 6.42 Å². The number of rotatable bonds is 4. The second-order valence-electron chi connectivity index (χ2n) is 5.40. The van der Waals surface area contributed by atoms with Crippen LogP contribution in [0.2, 0.25) is 19.6 Å². The van der Waals surface area contributed by atoms with E-state index in [1.54, 1.807) is 0 Å². The maximum Gasteiger partial charge on any atom is 0.184 e. The zero-order valence-electron chi connectivity index (χ0n) is 10.2. The zero-order valence-corrected chi connectivity index (χ0v) is 11.2. The van der Waals surface area contributed by atoms with Crippen LogP contribution in [-0.4, -0.2) is 39.0 Å². The standard InChI is InChI=1S/C11H25NOSi/c1-11(13-14(2,3)4)10-12-8-6-5-7-9-12/h11H,5-10H2,1-4H3. The van der Waals surface area contributed by atoms with E-state index in [2.05, 4.69) is 31.5 Å². The van der Waals surface area contributed by atoms with E-state index < -0.39 is 8.32 Å². The first-order chi connectivity index (χ1) is 6.47. The van der Waals surface area contributed by atoms with Crippen molar-refractivity contribution in [3.8, 4) is 0 Å². The largest absolute Gasteiger partial charge is 0.414 e. The Kier molecular flexibility index (Phi) is 4.61. The van der Waals surface area contributed by atoms with Crippen molar-refractivity contribution >= 4 is 8.32 Å². The average Bonchev–Trinajstić information content (AvgIpc) is 2.02. The Morgan fingerprint density at radius 1 is 1.14 bits per heavy atom. The summed E-state index contributed by atoms with van der Waals surface area (Å²) in [6.45, 7) is 12.7. The molecule has 0 bridgehead atoms. The molecule has 0 spiro atoms. The number of piperidine rings is 1. The van der Waals surface area contributed by atoms with Gasteiger partial charge in [-0.2, -0.15) is 0 Å². The molecule has 3 heteroatoms. The van der Waals surface area contributed by atoms with Gasteiger partial charge in [0.05, 0.1) is 6.10 Å². The Hall–Kier alpha value is 0.137. The molecule has 1 saturated heterocycles. The van der Waals surface area contributed by atoms with Crippen LogP contribution < -0.4 is 0 Å². The maximum absolute atomic E-state index is 6.04. The molecule has 0 aromatic heterocycles. The lowest BCUT2D eigenvalue weighted by Crippen LogP contribution is -2.40. The van der Waals surface area contributed by atoms with Crippen molar-refractivity contribution in [3.63, 3.8) is 0 Å². The van der Waals surface area contributed by atoms with E-state index in [0.717, 1.165) is 6.54 Å². The molecule has 0 N–H and O–H groups in total. The molecule has 84 valence electrons. The first-order valence-electron chi connectivity index (χ1n) is 5.87. The summed E-state index contributed by atoms with van der Waals surface area (Å²) in [7, 11) is -1.33. The fourth-order valence-electron chi connectivity index (χ4n) is 2.15. The minimum atomic E-state index is -1.33. The van der Waals surface area contributed by atoms with Gasteiger partial charge >= 0.3 is 0 Å². The predicted molar refractivity (Wildman–Crippen MR) is 64.2 cm³/mol. The van der Waals surface area contributed by atoms with Crippen molar-refractivity contribution in [2.75, 3.05) is 19.6 Å². The van der Waals surface area contributed by atoms with E-state index in [4.69, 9.17) is 4.43 Å². The van der Waals surface area contributed by atoms with Crippen LogP contribution in [0.25, 0.3) is 0 Å². The molecule has 1 aliphatic heterocycles. The summed E-state index contributed by atoms with van der Waals surface area (Å²) < 4.78 is 6.04. The van der Waals surface area contributed by atoms with Gasteiger partial charge in [-0.05, 0) is 52.5 Å². The van der Waals surface area contributed by atoms with Crippen LogP contribution in [0.1, 0.15) is 26.2 Å². The second-order valence-corrected chi connectivity index (χ2v) is 9.86. The molecule has 0 amide bonds. The van der Waals surface area contributed by atoms with Crippen LogP contribution in [0.15, 0.2) is 0 Å². The summed E-state index contributed by atoms with van der Waals surface area (Å²) in [5.41, 5.74) is 0. The molecule has 0 saturated carbocycles. The third kappa shape index (κ3) is 5.13. The average molecular weight is 215 g/mol. The molecule has 0 aromatic carbocycles. The van der Waals surface area contributed by atoms with E-state index in [9.17, 15) is 0 Å². The van der Waals surface area contributed by atoms with Crippen LogP contribution in [-0.2, 0) is 4.43 Å². The second kappa shape index (κ2) is 5.28. The SMILES string of the molecule is CC(CN1CCCCC1)O[Si](C)(C)C. The Balaban J connectivity index is 2.21. The van der Waals surface area contributed by atoms with Crippen LogP contribution in [0.5, 0.6) is 0 Å². The minimum absolute atomic E-state index is 0.416. The lowest BCUT2D eigenvalue weighted by atomic mass is 10.1. The van der Waals surface area contributed by atoms with E-state index in [-0.39, 0.29) is 0 Å². The summed E-state index contributed by atoms with van der Waals surface area (Å²) in [6, 6.07) is 0. The fraction of sp³-hybridized carbons (Fsp3) is 1.00. The van der Waals surface area contributed by atoms with Gasteiger partial charge in [-0.15, -0.1) is 0 Å². The van der Waals surface area contributed by atoms with E-state index in [1.807, 2.05) is 0 Å². The van der Waals surface area contributed by atoms with Gasteiger partial charge in [0, 0.05) is 6.54 Å². The summed E-state index contributed by atoms with van der Waals surface area (Å²) in [6.07, 6.45) is 4.58. The molecular weight excluding hydrogens is 190 g/mol. The highest BCUT2D eigenvalue weighted by atomic mass is 28.4. The molecule has 0 radical (unpaired) electrons. The molecular formula is C11H25NOSi. The van der Waals surface area contributed by atoms with Crippen molar-refractivity contribution in [1.29, 1.82) is 0 Å². The Bertz CT molecular complexity index is 161. The van der Waals surface area contributed by atoms with E-state index >= 15 is 0 Å². The Morgan fingerprint density at radius 3 is 2.21 bits per heavy atom. The predicted octanol–water partition coefficient (Wildman–Crippen LogP) is 2.71. The normalized spacial score (nSPS) is 22.3. The molecule has 0 aromatic rings. The van der Waals surface area contributed by atoms with Gasteiger partial charge in [0.15, 0.2) is 8.32 Å². The van der Waals surface area contributed by atoms with Crippen molar-refractivity contribution in [2.24, 2.45) is 0 Å². The summed E-state index contributed by atoms with van der Waals surface area (Å²) in [4.78, 5) is 2.55. The number of likely N-dealkylation sites (tertiary alicyclic amines) is 1. The van der Waals surface area contributed by atoms with Gasteiger partial charge < -0.3 is 9.33 Å².